The van der Waals surface area contributed by atoms with Crippen LogP contribution in [0.25, 0.3) is 0 Å². The lowest BCUT2D eigenvalue weighted by atomic mass is 10.00. The lowest BCUT2D eigenvalue weighted by molar-refractivity contribution is 0.239. The lowest BCUT2D eigenvalue weighted by Gasteiger charge is -2.31. The van der Waals surface area contributed by atoms with Crippen LogP contribution in [-0.4, -0.2) is 41.8 Å². The highest BCUT2D eigenvalue weighted by molar-refractivity contribution is 14.1. The number of aryl methyl sites for hydroxylation is 1. The molecule has 19 heavy (non-hydrogen) atoms. The molecule has 2 rings (SSSR count). The van der Waals surface area contributed by atoms with Gasteiger partial charge < -0.3 is 0 Å². The summed E-state index contributed by atoms with van der Waals surface area (Å²) in [6.07, 6.45) is 3.30. The van der Waals surface area contributed by atoms with E-state index in [9.17, 15) is 8.42 Å². The largest absolute Gasteiger partial charge is 0.268 e. The van der Waals surface area contributed by atoms with E-state index in [1.165, 1.54) is 15.5 Å². The van der Waals surface area contributed by atoms with Gasteiger partial charge in [-0.05, 0) is 55.2 Å². The Morgan fingerprint density at radius 2 is 2.11 bits per heavy atom. The van der Waals surface area contributed by atoms with Crippen molar-refractivity contribution in [3.8, 4) is 0 Å². The van der Waals surface area contributed by atoms with Crippen LogP contribution in [0.15, 0.2) is 0 Å². The van der Waals surface area contributed by atoms with Crippen LogP contribution >= 0.6 is 22.6 Å². The van der Waals surface area contributed by atoms with Crippen LogP contribution < -0.4 is 0 Å². The molecule has 1 atom stereocenters. The van der Waals surface area contributed by atoms with Crippen molar-refractivity contribution in [3.63, 3.8) is 0 Å². The zero-order valence-corrected chi connectivity index (χ0v) is 14.5. The molecule has 0 aliphatic carbocycles. The highest BCUT2D eigenvalue weighted by Gasteiger charge is 2.26. The Kier molecular flexibility index (Phi) is 4.56. The van der Waals surface area contributed by atoms with Gasteiger partial charge >= 0.3 is 0 Å². The third-order valence-corrected chi connectivity index (χ3v) is 6.51. The Hall–Kier alpha value is -0.150. The molecule has 0 saturated carbocycles. The molecule has 0 N–H and O–H groups in total. The number of sulfonamides is 1. The summed E-state index contributed by atoms with van der Waals surface area (Å²) >= 11 is 2.31. The molecule has 1 aliphatic rings. The van der Waals surface area contributed by atoms with Crippen LogP contribution in [0.4, 0.5) is 0 Å². The second kappa shape index (κ2) is 5.69. The van der Waals surface area contributed by atoms with Crippen LogP contribution in [0.5, 0.6) is 0 Å². The second-order valence-electron chi connectivity index (χ2n) is 5.30. The molecular weight excluding hydrogens is 377 g/mol. The minimum atomic E-state index is -3.06. The molecule has 1 aromatic heterocycles. The molecule has 1 aromatic rings. The van der Waals surface area contributed by atoms with Crippen LogP contribution in [0.1, 0.15) is 24.2 Å². The molecule has 0 bridgehead atoms. The van der Waals surface area contributed by atoms with Gasteiger partial charge in [0.25, 0.3) is 0 Å². The standard InChI is InChI=1S/C12H20IN3O2S/c1-9-12(13)10(2)16(14-9)8-11-5-4-6-15(7-11)19(3,17)18/h11H,4-8H2,1-3H3. The number of nitrogens with zero attached hydrogens (tertiary/aromatic N) is 3. The lowest BCUT2D eigenvalue weighted by Crippen LogP contribution is -2.40. The average Bonchev–Trinajstić information content (AvgIpc) is 2.56. The van der Waals surface area contributed by atoms with Crippen LogP contribution in [-0.2, 0) is 16.6 Å². The summed E-state index contributed by atoms with van der Waals surface area (Å²) < 4.78 is 28.0. The van der Waals surface area contributed by atoms with Gasteiger partial charge in [-0.25, -0.2) is 12.7 Å². The number of hydrogen-bond donors (Lipinski definition) is 0. The van der Waals surface area contributed by atoms with Gasteiger partial charge in [-0.15, -0.1) is 0 Å². The van der Waals surface area contributed by atoms with Crippen molar-refractivity contribution >= 4 is 32.6 Å². The Labute approximate surface area is 128 Å². The molecule has 2 heterocycles. The first kappa shape index (κ1) is 15.2. The number of aromatic nitrogens is 2. The molecule has 5 nitrogen and oxygen atoms in total. The van der Waals surface area contributed by atoms with Gasteiger partial charge in [0.2, 0.25) is 10.0 Å². The summed E-state index contributed by atoms with van der Waals surface area (Å²) in [6, 6.07) is 0. The highest BCUT2D eigenvalue weighted by atomic mass is 127. The zero-order valence-electron chi connectivity index (χ0n) is 11.6. The predicted octanol–water partition coefficient (Wildman–Crippen LogP) is 1.78. The summed E-state index contributed by atoms with van der Waals surface area (Å²) in [7, 11) is -3.06. The SMILES string of the molecule is Cc1nn(CC2CCCN(S(C)(=O)=O)C2)c(C)c1I. The van der Waals surface area contributed by atoms with Gasteiger partial charge in [-0.1, -0.05) is 0 Å². The first-order valence-corrected chi connectivity index (χ1v) is 9.36. The minimum absolute atomic E-state index is 0.359. The third kappa shape index (κ3) is 3.49. The van der Waals surface area contributed by atoms with E-state index in [0.29, 0.717) is 19.0 Å². The first-order chi connectivity index (χ1) is 8.79. The number of rotatable bonds is 3. The fourth-order valence-corrected chi connectivity index (χ4v) is 3.90. The minimum Gasteiger partial charge on any atom is -0.268 e. The van der Waals surface area contributed by atoms with E-state index in [4.69, 9.17) is 0 Å². The Morgan fingerprint density at radius 3 is 2.63 bits per heavy atom. The Balaban J connectivity index is 2.09. The van der Waals surface area contributed by atoms with Crippen molar-refractivity contribution in [1.82, 2.24) is 14.1 Å². The normalized spacial score (nSPS) is 21.8. The van der Waals surface area contributed by atoms with Crippen molar-refractivity contribution < 1.29 is 8.42 Å². The fraction of sp³-hybridized carbons (Fsp3) is 0.750. The smallest absolute Gasteiger partial charge is 0.211 e. The van der Waals surface area contributed by atoms with Gasteiger partial charge in [0.05, 0.1) is 15.5 Å². The zero-order chi connectivity index (χ0) is 14.2. The molecule has 1 saturated heterocycles. The number of halogens is 1. The molecule has 0 aromatic carbocycles. The van der Waals surface area contributed by atoms with E-state index in [0.717, 1.165) is 25.1 Å². The molecule has 108 valence electrons. The quantitative estimate of drug-likeness (QED) is 0.731. The molecular formula is C12H20IN3O2S. The van der Waals surface area contributed by atoms with Gasteiger partial charge in [-0.3, -0.25) is 4.68 Å². The molecule has 1 unspecified atom stereocenters. The second-order valence-corrected chi connectivity index (χ2v) is 8.36. The Morgan fingerprint density at radius 1 is 1.42 bits per heavy atom. The van der Waals surface area contributed by atoms with Gasteiger partial charge in [0.15, 0.2) is 0 Å². The van der Waals surface area contributed by atoms with Crippen molar-refractivity contribution in [2.45, 2.75) is 33.2 Å². The maximum atomic E-state index is 11.6. The fourth-order valence-electron chi connectivity index (χ4n) is 2.57. The summed E-state index contributed by atoms with van der Waals surface area (Å²) in [5.74, 6) is 0.359. The molecule has 0 amide bonds. The maximum Gasteiger partial charge on any atom is 0.211 e. The van der Waals surface area contributed by atoms with Gasteiger partial charge in [0.1, 0.15) is 0 Å². The van der Waals surface area contributed by atoms with Gasteiger partial charge in [0, 0.05) is 25.3 Å². The number of piperidine rings is 1. The average molecular weight is 397 g/mol. The van der Waals surface area contributed by atoms with Crippen LogP contribution in [0.2, 0.25) is 0 Å². The molecule has 0 spiro atoms. The van der Waals surface area contributed by atoms with E-state index in [1.54, 1.807) is 4.31 Å². The van der Waals surface area contributed by atoms with Crippen molar-refractivity contribution in [2.24, 2.45) is 5.92 Å². The molecule has 1 aliphatic heterocycles. The number of hydrogen-bond acceptors (Lipinski definition) is 3. The summed E-state index contributed by atoms with van der Waals surface area (Å²) in [6.45, 7) is 6.16. The van der Waals surface area contributed by atoms with Gasteiger partial charge in [-0.2, -0.15) is 5.10 Å². The van der Waals surface area contributed by atoms with Crippen molar-refractivity contribution in [2.75, 3.05) is 19.3 Å². The monoisotopic (exact) mass is 397 g/mol. The molecule has 0 radical (unpaired) electrons. The van der Waals surface area contributed by atoms with E-state index >= 15 is 0 Å². The van der Waals surface area contributed by atoms with Crippen LogP contribution in [0.3, 0.4) is 0 Å². The highest BCUT2D eigenvalue weighted by Crippen LogP contribution is 2.22. The topological polar surface area (TPSA) is 55.2 Å². The predicted molar refractivity (Wildman–Crippen MR) is 83.6 cm³/mol. The molecule has 7 heteroatoms. The summed E-state index contributed by atoms with van der Waals surface area (Å²) in [4.78, 5) is 0. The van der Waals surface area contributed by atoms with Crippen molar-refractivity contribution in [1.29, 1.82) is 0 Å². The Bertz CT molecular complexity index is 568. The summed E-state index contributed by atoms with van der Waals surface area (Å²) in [5, 5.41) is 4.53. The third-order valence-electron chi connectivity index (χ3n) is 3.68. The van der Waals surface area contributed by atoms with Crippen LogP contribution in [0, 0.1) is 23.3 Å². The van der Waals surface area contributed by atoms with E-state index in [2.05, 4.69) is 34.6 Å². The van der Waals surface area contributed by atoms with E-state index in [1.807, 2.05) is 11.6 Å². The molecule has 1 fully saturated rings. The van der Waals surface area contributed by atoms with E-state index in [-0.39, 0.29) is 0 Å². The maximum absolute atomic E-state index is 11.6. The van der Waals surface area contributed by atoms with Crippen molar-refractivity contribution in [3.05, 3.63) is 15.0 Å². The summed E-state index contributed by atoms with van der Waals surface area (Å²) in [5.41, 5.74) is 2.23. The van der Waals surface area contributed by atoms with E-state index < -0.39 is 10.0 Å². The first-order valence-electron chi connectivity index (χ1n) is 6.43.